The number of carbonyl (C=O) groups is 1. The molecule has 6 heteroatoms. The van der Waals surface area contributed by atoms with Crippen molar-refractivity contribution in [3.63, 3.8) is 0 Å². The van der Waals surface area contributed by atoms with Gasteiger partial charge in [0.25, 0.3) is 5.91 Å². The van der Waals surface area contributed by atoms with E-state index in [1.807, 2.05) is 29.3 Å². The summed E-state index contributed by atoms with van der Waals surface area (Å²) in [6, 6.07) is 6.92. The van der Waals surface area contributed by atoms with Gasteiger partial charge in [-0.2, -0.15) is 11.8 Å². The molecule has 1 unspecified atom stereocenters. The molecule has 1 fully saturated rings. The zero-order valence-electron chi connectivity index (χ0n) is 12.3. The van der Waals surface area contributed by atoms with Crippen LogP contribution in [0.1, 0.15) is 32.7 Å². The summed E-state index contributed by atoms with van der Waals surface area (Å²) in [4.78, 5) is 18.6. The highest BCUT2D eigenvalue weighted by Crippen LogP contribution is 2.35. The average Bonchev–Trinajstić information content (AvgIpc) is 2.81. The normalized spacial score (nSPS) is 19.0. The first kappa shape index (κ1) is 15.5. The van der Waals surface area contributed by atoms with Gasteiger partial charge in [0.2, 0.25) is 0 Å². The van der Waals surface area contributed by atoms with Crippen molar-refractivity contribution in [2.45, 2.75) is 18.6 Å². The molecular formula is C16H17FN2OS2. The summed E-state index contributed by atoms with van der Waals surface area (Å²) in [6.45, 7) is 3.22. The fraction of sp³-hybridized carbons (Fsp3) is 0.375. The van der Waals surface area contributed by atoms with Gasteiger partial charge in [-0.15, -0.1) is 11.3 Å². The van der Waals surface area contributed by atoms with Gasteiger partial charge in [-0.25, -0.2) is 9.37 Å². The zero-order valence-corrected chi connectivity index (χ0v) is 13.9. The fourth-order valence-electron chi connectivity index (χ4n) is 2.58. The second-order valence-electron chi connectivity index (χ2n) is 5.21. The highest BCUT2D eigenvalue weighted by Gasteiger charge is 2.25. The smallest absolute Gasteiger partial charge is 0.273 e. The maximum absolute atomic E-state index is 13.9. The Bertz CT molecular complexity index is 674. The topological polar surface area (TPSA) is 33.2 Å². The van der Waals surface area contributed by atoms with E-state index in [0.717, 1.165) is 22.7 Å². The van der Waals surface area contributed by atoms with E-state index in [1.54, 1.807) is 17.8 Å². The van der Waals surface area contributed by atoms with Crippen LogP contribution in [0.3, 0.4) is 0 Å². The standard InChI is InChI=1S/C16H17FN2OS2/c1-11-18-14(10-22-11)16(20)19-7-6-15(21-9-8-19)12-4-2-3-5-13(12)17/h2-5,10,15H,6-9H2,1H3. The van der Waals surface area contributed by atoms with Crippen LogP contribution in [0.4, 0.5) is 4.39 Å². The Kier molecular flexibility index (Phi) is 4.78. The molecule has 2 aromatic rings. The van der Waals surface area contributed by atoms with Crippen LogP contribution in [-0.2, 0) is 0 Å². The number of thioether (sulfide) groups is 1. The van der Waals surface area contributed by atoms with Gasteiger partial charge in [0.15, 0.2) is 0 Å². The van der Waals surface area contributed by atoms with Crippen molar-refractivity contribution in [3.05, 3.63) is 51.7 Å². The minimum atomic E-state index is -0.157. The number of rotatable bonds is 2. The van der Waals surface area contributed by atoms with E-state index in [9.17, 15) is 9.18 Å². The van der Waals surface area contributed by atoms with Crippen LogP contribution in [0.5, 0.6) is 0 Å². The number of aromatic nitrogens is 1. The van der Waals surface area contributed by atoms with Crippen molar-refractivity contribution < 1.29 is 9.18 Å². The number of hydrogen-bond acceptors (Lipinski definition) is 4. The molecule has 3 rings (SSSR count). The zero-order chi connectivity index (χ0) is 15.5. The minimum absolute atomic E-state index is 0.0147. The van der Waals surface area contributed by atoms with E-state index in [1.165, 1.54) is 17.4 Å². The number of amides is 1. The van der Waals surface area contributed by atoms with Crippen LogP contribution in [0.25, 0.3) is 0 Å². The maximum atomic E-state index is 13.9. The molecule has 116 valence electrons. The molecule has 22 heavy (non-hydrogen) atoms. The lowest BCUT2D eigenvalue weighted by atomic mass is 10.1. The predicted octanol–water partition coefficient (Wildman–Crippen LogP) is 3.91. The summed E-state index contributed by atoms with van der Waals surface area (Å²) in [6.07, 6.45) is 0.764. The molecule has 0 bridgehead atoms. The van der Waals surface area contributed by atoms with Gasteiger partial charge in [-0.05, 0) is 19.4 Å². The molecule has 0 saturated carbocycles. The molecule has 1 aliphatic rings. The monoisotopic (exact) mass is 336 g/mol. The molecule has 0 spiro atoms. The lowest BCUT2D eigenvalue weighted by molar-refractivity contribution is 0.0761. The molecule has 1 amide bonds. The largest absolute Gasteiger partial charge is 0.336 e. The quantitative estimate of drug-likeness (QED) is 0.833. The van der Waals surface area contributed by atoms with Gasteiger partial charge in [0.05, 0.1) is 5.01 Å². The number of aryl methyl sites for hydroxylation is 1. The predicted molar refractivity (Wildman–Crippen MR) is 89.0 cm³/mol. The van der Waals surface area contributed by atoms with E-state index in [-0.39, 0.29) is 17.0 Å². The summed E-state index contributed by atoms with van der Waals surface area (Å²) in [5.74, 6) is 0.641. The van der Waals surface area contributed by atoms with Crippen LogP contribution >= 0.6 is 23.1 Å². The lowest BCUT2D eigenvalue weighted by Crippen LogP contribution is -2.33. The van der Waals surface area contributed by atoms with Gasteiger partial charge >= 0.3 is 0 Å². The molecule has 0 N–H and O–H groups in total. The van der Waals surface area contributed by atoms with Crippen LogP contribution < -0.4 is 0 Å². The van der Waals surface area contributed by atoms with Crippen molar-refractivity contribution in [1.82, 2.24) is 9.88 Å². The third-order valence-corrected chi connectivity index (χ3v) is 5.80. The number of benzene rings is 1. The van der Waals surface area contributed by atoms with Crippen molar-refractivity contribution in [1.29, 1.82) is 0 Å². The number of thiazole rings is 1. The Morgan fingerprint density at radius 3 is 2.91 bits per heavy atom. The summed E-state index contributed by atoms with van der Waals surface area (Å²) in [5.41, 5.74) is 1.27. The van der Waals surface area contributed by atoms with Crippen molar-refractivity contribution in [3.8, 4) is 0 Å². The van der Waals surface area contributed by atoms with Gasteiger partial charge in [-0.3, -0.25) is 4.79 Å². The van der Waals surface area contributed by atoms with E-state index in [4.69, 9.17) is 0 Å². The Morgan fingerprint density at radius 1 is 1.36 bits per heavy atom. The molecule has 0 aliphatic carbocycles. The highest BCUT2D eigenvalue weighted by molar-refractivity contribution is 7.99. The van der Waals surface area contributed by atoms with Crippen molar-refractivity contribution in [2.75, 3.05) is 18.8 Å². The second kappa shape index (κ2) is 6.79. The molecule has 1 saturated heterocycles. The van der Waals surface area contributed by atoms with Crippen LogP contribution in [0.2, 0.25) is 0 Å². The molecular weight excluding hydrogens is 319 g/mol. The summed E-state index contributed by atoms with van der Waals surface area (Å²) < 4.78 is 13.9. The lowest BCUT2D eigenvalue weighted by Gasteiger charge is -2.19. The first-order valence-corrected chi connectivity index (χ1v) is 9.15. The van der Waals surface area contributed by atoms with Crippen molar-refractivity contribution in [2.24, 2.45) is 0 Å². The third-order valence-electron chi connectivity index (χ3n) is 3.72. The molecule has 2 heterocycles. The van der Waals surface area contributed by atoms with Gasteiger partial charge < -0.3 is 4.90 Å². The van der Waals surface area contributed by atoms with Gasteiger partial charge in [0, 0.05) is 35.0 Å². The van der Waals surface area contributed by atoms with E-state index in [0.29, 0.717) is 18.8 Å². The first-order valence-electron chi connectivity index (χ1n) is 7.22. The average molecular weight is 336 g/mol. The molecule has 1 aliphatic heterocycles. The highest BCUT2D eigenvalue weighted by atomic mass is 32.2. The molecule has 1 aromatic carbocycles. The van der Waals surface area contributed by atoms with Crippen LogP contribution in [0, 0.1) is 12.7 Å². The Labute approximate surface area is 137 Å². The maximum Gasteiger partial charge on any atom is 0.273 e. The van der Waals surface area contributed by atoms with Gasteiger partial charge in [-0.1, -0.05) is 18.2 Å². The minimum Gasteiger partial charge on any atom is -0.336 e. The SMILES string of the molecule is Cc1nc(C(=O)N2CCSC(c3ccccc3F)CC2)cs1. The Morgan fingerprint density at radius 2 is 2.18 bits per heavy atom. The summed E-state index contributed by atoms with van der Waals surface area (Å²) in [7, 11) is 0. The molecule has 1 aromatic heterocycles. The first-order chi connectivity index (χ1) is 10.6. The molecule has 3 nitrogen and oxygen atoms in total. The second-order valence-corrected chi connectivity index (χ2v) is 7.59. The summed E-state index contributed by atoms with van der Waals surface area (Å²) >= 11 is 3.21. The van der Waals surface area contributed by atoms with Crippen molar-refractivity contribution >= 4 is 29.0 Å². The Hall–Kier alpha value is -1.40. The number of carbonyl (C=O) groups excluding carboxylic acids is 1. The third kappa shape index (κ3) is 3.33. The number of nitrogens with zero attached hydrogens (tertiary/aromatic N) is 2. The summed E-state index contributed by atoms with van der Waals surface area (Å²) in [5, 5.41) is 2.82. The molecule has 1 atom stereocenters. The fourth-order valence-corrected chi connectivity index (χ4v) is 4.42. The van der Waals surface area contributed by atoms with Crippen LogP contribution in [-0.4, -0.2) is 34.6 Å². The number of halogens is 1. The van der Waals surface area contributed by atoms with Crippen LogP contribution in [0.15, 0.2) is 29.6 Å². The number of hydrogen-bond donors (Lipinski definition) is 0. The molecule has 0 radical (unpaired) electrons. The Balaban J connectivity index is 1.70. The van der Waals surface area contributed by atoms with E-state index in [2.05, 4.69) is 4.98 Å². The van der Waals surface area contributed by atoms with E-state index >= 15 is 0 Å². The van der Waals surface area contributed by atoms with E-state index < -0.39 is 0 Å². The van der Waals surface area contributed by atoms with Gasteiger partial charge in [0.1, 0.15) is 11.5 Å².